The zero-order chi connectivity index (χ0) is 20.8. The van der Waals surface area contributed by atoms with E-state index in [0.29, 0.717) is 11.3 Å². The van der Waals surface area contributed by atoms with Crippen LogP contribution in [0, 0.1) is 30.9 Å². The molecular formula is C20H24N4O4. The lowest BCUT2D eigenvalue weighted by atomic mass is 10.1. The van der Waals surface area contributed by atoms with Gasteiger partial charge in [0.15, 0.2) is 0 Å². The van der Waals surface area contributed by atoms with Crippen molar-refractivity contribution in [2.75, 3.05) is 30.8 Å². The third-order valence-electron chi connectivity index (χ3n) is 4.34. The predicted molar refractivity (Wildman–Crippen MR) is 109 cm³/mol. The van der Waals surface area contributed by atoms with Crippen molar-refractivity contribution in [1.29, 1.82) is 0 Å². The molecule has 8 heteroatoms. The highest BCUT2D eigenvalue weighted by molar-refractivity contribution is 5.96. The number of nitrogens with one attached hydrogen (secondary N) is 2. The monoisotopic (exact) mass is 384 g/mol. The highest BCUT2D eigenvalue weighted by Crippen LogP contribution is 2.30. The van der Waals surface area contributed by atoms with E-state index >= 15 is 0 Å². The fourth-order valence-corrected chi connectivity index (χ4v) is 2.67. The fourth-order valence-electron chi connectivity index (χ4n) is 2.67. The second-order valence-corrected chi connectivity index (χ2v) is 6.79. The molecule has 0 saturated carbocycles. The second kappa shape index (κ2) is 9.09. The van der Waals surface area contributed by atoms with Crippen molar-refractivity contribution in [3.8, 4) is 0 Å². The molecule has 0 spiro atoms. The summed E-state index contributed by atoms with van der Waals surface area (Å²) >= 11 is 0. The number of carbonyl (C=O) groups is 2. The molecule has 0 atom stereocenters. The van der Waals surface area contributed by atoms with Gasteiger partial charge in [-0.25, -0.2) is 0 Å². The van der Waals surface area contributed by atoms with E-state index < -0.39 is 10.8 Å². The van der Waals surface area contributed by atoms with Crippen molar-refractivity contribution in [1.82, 2.24) is 4.90 Å². The Morgan fingerprint density at radius 2 is 1.54 bits per heavy atom. The van der Waals surface area contributed by atoms with Gasteiger partial charge in [-0.15, -0.1) is 0 Å². The maximum Gasteiger partial charge on any atom is 0.293 e. The van der Waals surface area contributed by atoms with Gasteiger partial charge in [-0.05, 0) is 51.1 Å². The van der Waals surface area contributed by atoms with E-state index in [1.165, 1.54) is 11.0 Å². The summed E-state index contributed by atoms with van der Waals surface area (Å²) in [5, 5.41) is 16.6. The van der Waals surface area contributed by atoms with Gasteiger partial charge in [-0.2, -0.15) is 0 Å². The lowest BCUT2D eigenvalue weighted by molar-refractivity contribution is -0.384. The molecule has 0 radical (unpaired) electrons. The smallest absolute Gasteiger partial charge is 0.293 e. The van der Waals surface area contributed by atoms with Crippen LogP contribution in [0.2, 0.25) is 0 Å². The highest BCUT2D eigenvalue weighted by atomic mass is 16.6. The molecule has 0 saturated heterocycles. The average molecular weight is 384 g/mol. The van der Waals surface area contributed by atoms with Gasteiger partial charge in [0.25, 0.3) is 5.69 Å². The summed E-state index contributed by atoms with van der Waals surface area (Å²) in [6, 6.07) is 10.4. The molecule has 8 nitrogen and oxygen atoms in total. The Bertz CT molecular complexity index is 894. The number of nitrogens with zero attached hydrogens (tertiary/aromatic N) is 2. The number of hydrogen-bond acceptors (Lipinski definition) is 5. The molecule has 2 N–H and O–H groups in total. The molecule has 0 unspecified atom stereocenters. The molecule has 0 aromatic heterocycles. The number of amides is 2. The first kappa shape index (κ1) is 21.0. The first-order chi connectivity index (χ1) is 13.2. The Morgan fingerprint density at radius 1 is 0.964 bits per heavy atom. The first-order valence-electron chi connectivity index (χ1n) is 8.77. The third-order valence-corrected chi connectivity index (χ3v) is 4.34. The number of anilines is 2. The molecule has 2 aromatic rings. The lowest BCUT2D eigenvalue weighted by Gasteiger charge is -2.17. The molecule has 148 valence electrons. The number of nitro benzene ring substituents is 1. The molecule has 0 aliphatic rings. The van der Waals surface area contributed by atoms with E-state index in [1.54, 1.807) is 32.2 Å². The second-order valence-electron chi connectivity index (χ2n) is 6.79. The van der Waals surface area contributed by atoms with Crippen molar-refractivity contribution >= 4 is 28.9 Å². The topological polar surface area (TPSA) is 105 Å². The van der Waals surface area contributed by atoms with Crippen molar-refractivity contribution in [3.63, 3.8) is 0 Å². The zero-order valence-electron chi connectivity index (χ0n) is 16.4. The number of benzene rings is 2. The van der Waals surface area contributed by atoms with Gasteiger partial charge in [0.2, 0.25) is 11.8 Å². The predicted octanol–water partition coefficient (Wildman–Crippen LogP) is 3.03. The standard InChI is InChI=1S/C20H24N4O4/c1-13-5-8-16(9-6-13)21-18(25)11-23(4)12-19(26)22-20-15(3)14(2)7-10-17(20)24(27)28/h5-10H,11-12H2,1-4H3,(H,21,25)(H,22,26). The van der Waals surface area contributed by atoms with Crippen LogP contribution in [-0.4, -0.2) is 41.8 Å². The molecule has 0 heterocycles. The number of nitro groups is 1. The average Bonchev–Trinajstić information content (AvgIpc) is 2.60. The quantitative estimate of drug-likeness (QED) is 0.564. The number of carbonyl (C=O) groups excluding carboxylic acids is 2. The summed E-state index contributed by atoms with van der Waals surface area (Å²) < 4.78 is 0. The Morgan fingerprint density at radius 3 is 2.11 bits per heavy atom. The molecule has 0 aliphatic heterocycles. The molecule has 0 bridgehead atoms. The summed E-state index contributed by atoms with van der Waals surface area (Å²) in [4.78, 5) is 36.7. The van der Waals surface area contributed by atoms with Gasteiger partial charge < -0.3 is 10.6 Å². The fraction of sp³-hybridized carbons (Fsp3) is 0.300. The minimum atomic E-state index is -0.527. The third kappa shape index (κ3) is 5.62. The van der Waals surface area contributed by atoms with Crippen molar-refractivity contribution in [2.24, 2.45) is 0 Å². The number of aryl methyl sites for hydroxylation is 2. The van der Waals surface area contributed by atoms with E-state index in [0.717, 1.165) is 11.1 Å². The Hall–Kier alpha value is -3.26. The highest BCUT2D eigenvalue weighted by Gasteiger charge is 2.20. The minimum absolute atomic E-state index is 0.0101. The van der Waals surface area contributed by atoms with Gasteiger partial charge in [0, 0.05) is 11.8 Å². The van der Waals surface area contributed by atoms with Crippen LogP contribution >= 0.6 is 0 Å². The molecule has 0 fully saturated rings. The summed E-state index contributed by atoms with van der Waals surface area (Å²) in [7, 11) is 1.63. The number of rotatable bonds is 7. The van der Waals surface area contributed by atoms with E-state index in [1.807, 2.05) is 26.0 Å². The Balaban J connectivity index is 1.96. The summed E-state index contributed by atoms with van der Waals surface area (Å²) in [6.45, 7) is 5.42. The van der Waals surface area contributed by atoms with Crippen LogP contribution in [0.1, 0.15) is 16.7 Å². The lowest BCUT2D eigenvalue weighted by Crippen LogP contribution is -2.36. The number of hydrogen-bond donors (Lipinski definition) is 2. The van der Waals surface area contributed by atoms with Crippen molar-refractivity contribution in [2.45, 2.75) is 20.8 Å². The van der Waals surface area contributed by atoms with Crippen molar-refractivity contribution in [3.05, 3.63) is 63.2 Å². The van der Waals surface area contributed by atoms with Gasteiger partial charge in [-0.1, -0.05) is 23.8 Å². The zero-order valence-corrected chi connectivity index (χ0v) is 16.4. The summed E-state index contributed by atoms with van der Waals surface area (Å²) in [5.74, 6) is -0.681. The molecule has 0 aliphatic carbocycles. The van der Waals surface area contributed by atoms with Crippen LogP contribution in [0.5, 0.6) is 0 Å². The van der Waals surface area contributed by atoms with Crippen LogP contribution in [0.3, 0.4) is 0 Å². The summed E-state index contributed by atoms with van der Waals surface area (Å²) in [5.41, 5.74) is 3.28. The van der Waals surface area contributed by atoms with Crippen LogP contribution in [-0.2, 0) is 9.59 Å². The van der Waals surface area contributed by atoms with Crippen LogP contribution < -0.4 is 10.6 Å². The molecule has 2 rings (SSSR count). The van der Waals surface area contributed by atoms with Crippen molar-refractivity contribution < 1.29 is 14.5 Å². The van der Waals surface area contributed by atoms with Crippen LogP contribution in [0.4, 0.5) is 17.1 Å². The van der Waals surface area contributed by atoms with Crippen LogP contribution in [0.25, 0.3) is 0 Å². The first-order valence-corrected chi connectivity index (χ1v) is 8.77. The van der Waals surface area contributed by atoms with E-state index in [4.69, 9.17) is 0 Å². The van der Waals surface area contributed by atoms with E-state index in [-0.39, 0.29) is 30.4 Å². The normalized spacial score (nSPS) is 10.6. The SMILES string of the molecule is Cc1ccc(NC(=O)CN(C)CC(=O)Nc2c([N+](=O)[O-])ccc(C)c2C)cc1. The van der Waals surface area contributed by atoms with E-state index in [9.17, 15) is 19.7 Å². The summed E-state index contributed by atoms with van der Waals surface area (Å²) in [6.07, 6.45) is 0. The number of likely N-dealkylation sites (N-methyl/N-ethyl adjacent to an activating group) is 1. The molecule has 2 amide bonds. The minimum Gasteiger partial charge on any atom is -0.325 e. The van der Waals surface area contributed by atoms with Crippen LogP contribution in [0.15, 0.2) is 36.4 Å². The molecule has 28 heavy (non-hydrogen) atoms. The molecular weight excluding hydrogens is 360 g/mol. The Kier molecular flexibility index (Phi) is 6.84. The Labute approximate surface area is 163 Å². The van der Waals surface area contributed by atoms with Gasteiger partial charge in [0.05, 0.1) is 18.0 Å². The maximum absolute atomic E-state index is 12.3. The van der Waals surface area contributed by atoms with Gasteiger partial charge in [-0.3, -0.25) is 24.6 Å². The van der Waals surface area contributed by atoms with E-state index in [2.05, 4.69) is 10.6 Å². The molecule has 2 aromatic carbocycles. The maximum atomic E-state index is 12.3. The van der Waals surface area contributed by atoms with Gasteiger partial charge >= 0.3 is 0 Å². The largest absolute Gasteiger partial charge is 0.325 e. The van der Waals surface area contributed by atoms with Gasteiger partial charge in [0.1, 0.15) is 5.69 Å².